The summed E-state index contributed by atoms with van der Waals surface area (Å²) in [5, 5.41) is 0.296. The first-order valence-corrected chi connectivity index (χ1v) is 7.58. The minimum absolute atomic E-state index is 0.0564. The summed E-state index contributed by atoms with van der Waals surface area (Å²) in [5.74, 6) is 0.837. The van der Waals surface area contributed by atoms with Gasteiger partial charge in [-0.1, -0.05) is 11.6 Å². The fraction of sp³-hybridized carbons (Fsp3) is 0.312. The normalized spacial score (nSPS) is 14.3. The number of pyridine rings is 1. The van der Waals surface area contributed by atoms with E-state index < -0.39 is 17.3 Å². The molecule has 1 aliphatic rings. The zero-order valence-corrected chi connectivity index (χ0v) is 13.2. The van der Waals surface area contributed by atoms with Gasteiger partial charge in [0.25, 0.3) is 5.56 Å². The van der Waals surface area contributed by atoms with Crippen molar-refractivity contribution in [2.24, 2.45) is 0 Å². The Kier molecular flexibility index (Phi) is 4.45. The highest BCUT2D eigenvalue weighted by Gasteiger charge is 2.31. The molecule has 1 aliphatic heterocycles. The molecule has 128 valence electrons. The van der Waals surface area contributed by atoms with Crippen LogP contribution in [0.25, 0.3) is 0 Å². The molecule has 0 saturated carbocycles. The number of halogens is 4. The summed E-state index contributed by atoms with van der Waals surface area (Å²) < 4.78 is 50.4. The Hall–Kier alpha value is -2.15. The lowest BCUT2D eigenvalue weighted by Gasteiger charge is -2.14. The molecule has 0 saturated heterocycles. The van der Waals surface area contributed by atoms with Crippen molar-refractivity contribution >= 4 is 11.6 Å². The topological polar surface area (TPSA) is 40.5 Å². The molecule has 4 nitrogen and oxygen atoms in total. The van der Waals surface area contributed by atoms with E-state index in [0.29, 0.717) is 41.7 Å². The summed E-state index contributed by atoms with van der Waals surface area (Å²) in [6.07, 6.45) is -3.02. The molecule has 0 aliphatic carbocycles. The second kappa shape index (κ2) is 6.39. The van der Waals surface area contributed by atoms with Crippen LogP contribution in [-0.2, 0) is 12.7 Å². The second-order valence-corrected chi connectivity index (χ2v) is 5.74. The average Bonchev–Trinajstić information content (AvgIpc) is 2.74. The van der Waals surface area contributed by atoms with Crippen molar-refractivity contribution in [3.8, 4) is 11.5 Å². The molecule has 0 unspecified atom stereocenters. The third kappa shape index (κ3) is 3.51. The van der Waals surface area contributed by atoms with Crippen LogP contribution in [0.1, 0.15) is 17.5 Å². The number of ether oxygens (including phenoxy) is 2. The van der Waals surface area contributed by atoms with Crippen LogP contribution < -0.4 is 15.0 Å². The number of hydrogen-bond acceptors (Lipinski definition) is 3. The van der Waals surface area contributed by atoms with E-state index in [4.69, 9.17) is 21.1 Å². The van der Waals surface area contributed by atoms with E-state index in [1.165, 1.54) is 0 Å². The van der Waals surface area contributed by atoms with E-state index in [-0.39, 0.29) is 6.54 Å². The number of benzene rings is 1. The molecule has 0 fully saturated rings. The first-order chi connectivity index (χ1) is 11.3. The molecule has 0 radical (unpaired) electrons. The van der Waals surface area contributed by atoms with Crippen LogP contribution >= 0.6 is 11.6 Å². The van der Waals surface area contributed by atoms with Gasteiger partial charge in [0.15, 0.2) is 11.5 Å². The number of fused-ring (bicyclic) bond motifs is 1. The first-order valence-electron chi connectivity index (χ1n) is 7.20. The van der Waals surface area contributed by atoms with Crippen molar-refractivity contribution in [3.63, 3.8) is 0 Å². The van der Waals surface area contributed by atoms with E-state index in [2.05, 4.69) is 0 Å². The Morgan fingerprint density at radius 2 is 1.92 bits per heavy atom. The van der Waals surface area contributed by atoms with Gasteiger partial charge in [-0.15, -0.1) is 0 Å². The van der Waals surface area contributed by atoms with E-state index >= 15 is 0 Å². The van der Waals surface area contributed by atoms with Gasteiger partial charge in [-0.05, 0) is 23.8 Å². The van der Waals surface area contributed by atoms with E-state index in [0.717, 1.165) is 22.9 Å². The van der Waals surface area contributed by atoms with Gasteiger partial charge >= 0.3 is 6.18 Å². The number of hydrogen-bond donors (Lipinski definition) is 0. The minimum Gasteiger partial charge on any atom is -0.489 e. The summed E-state index contributed by atoms with van der Waals surface area (Å²) in [7, 11) is 0. The lowest BCUT2D eigenvalue weighted by molar-refractivity contribution is -0.138. The summed E-state index contributed by atoms with van der Waals surface area (Å²) >= 11 is 6.16. The molecule has 2 aromatic rings. The number of rotatable bonds is 2. The molecule has 8 heteroatoms. The molecule has 1 aromatic heterocycles. The molecule has 0 bridgehead atoms. The maximum atomic E-state index is 12.8. The van der Waals surface area contributed by atoms with Gasteiger partial charge in [-0.3, -0.25) is 4.79 Å². The third-order valence-electron chi connectivity index (χ3n) is 3.53. The highest BCUT2D eigenvalue weighted by molar-refractivity contribution is 6.32. The van der Waals surface area contributed by atoms with Crippen molar-refractivity contribution in [1.82, 2.24) is 4.57 Å². The molecule has 24 heavy (non-hydrogen) atoms. The van der Waals surface area contributed by atoms with Gasteiger partial charge in [0.2, 0.25) is 0 Å². The third-order valence-corrected chi connectivity index (χ3v) is 3.81. The monoisotopic (exact) mass is 359 g/mol. The zero-order valence-electron chi connectivity index (χ0n) is 12.4. The van der Waals surface area contributed by atoms with Crippen LogP contribution in [0.15, 0.2) is 35.3 Å². The summed E-state index contributed by atoms with van der Waals surface area (Å²) in [4.78, 5) is 11.8. The minimum atomic E-state index is -4.52. The zero-order chi connectivity index (χ0) is 17.3. The number of alkyl halides is 3. The van der Waals surface area contributed by atoms with E-state index in [1.807, 2.05) is 0 Å². The Labute approximate surface area is 140 Å². The van der Waals surface area contributed by atoms with Crippen LogP contribution in [-0.4, -0.2) is 17.8 Å². The van der Waals surface area contributed by atoms with Crippen molar-refractivity contribution < 1.29 is 22.6 Å². The average molecular weight is 360 g/mol. The SMILES string of the molecule is O=c1ccc(C(F)(F)F)cn1Cc1cc(Cl)c2c(c1)OCCCO2. The number of aromatic nitrogens is 1. The molecule has 3 rings (SSSR count). The lowest BCUT2D eigenvalue weighted by atomic mass is 10.2. The molecule has 2 heterocycles. The van der Waals surface area contributed by atoms with Gasteiger partial charge in [-0.2, -0.15) is 13.2 Å². The smallest absolute Gasteiger partial charge is 0.417 e. The van der Waals surface area contributed by atoms with Gasteiger partial charge in [0.1, 0.15) is 0 Å². The fourth-order valence-corrected chi connectivity index (χ4v) is 2.68. The first kappa shape index (κ1) is 16.7. The second-order valence-electron chi connectivity index (χ2n) is 5.34. The Balaban J connectivity index is 1.96. The summed E-state index contributed by atoms with van der Waals surface area (Å²) in [6.45, 7) is 0.870. The van der Waals surface area contributed by atoms with Gasteiger partial charge in [-0.25, -0.2) is 0 Å². The van der Waals surface area contributed by atoms with Crippen molar-refractivity contribution in [3.05, 3.63) is 57.0 Å². The molecular formula is C16H13ClF3NO3. The fourth-order valence-electron chi connectivity index (χ4n) is 2.39. The molecule has 0 amide bonds. The van der Waals surface area contributed by atoms with Gasteiger partial charge in [0.05, 0.1) is 30.3 Å². The summed E-state index contributed by atoms with van der Waals surface area (Å²) in [6, 6.07) is 4.84. The van der Waals surface area contributed by atoms with Crippen LogP contribution in [0.2, 0.25) is 5.02 Å². The molecular weight excluding hydrogens is 347 g/mol. The molecule has 0 atom stereocenters. The highest BCUT2D eigenvalue weighted by Crippen LogP contribution is 2.38. The lowest BCUT2D eigenvalue weighted by Crippen LogP contribution is -2.22. The van der Waals surface area contributed by atoms with Crippen LogP contribution in [0, 0.1) is 0 Å². The highest BCUT2D eigenvalue weighted by atomic mass is 35.5. The van der Waals surface area contributed by atoms with Crippen LogP contribution in [0.3, 0.4) is 0 Å². The maximum absolute atomic E-state index is 12.8. The van der Waals surface area contributed by atoms with Crippen molar-refractivity contribution in [2.75, 3.05) is 13.2 Å². The Morgan fingerprint density at radius 3 is 2.67 bits per heavy atom. The van der Waals surface area contributed by atoms with Crippen molar-refractivity contribution in [1.29, 1.82) is 0 Å². The van der Waals surface area contributed by atoms with Crippen LogP contribution in [0.4, 0.5) is 13.2 Å². The van der Waals surface area contributed by atoms with E-state index in [1.54, 1.807) is 12.1 Å². The van der Waals surface area contributed by atoms with Gasteiger partial charge < -0.3 is 14.0 Å². The Bertz CT molecular complexity index is 817. The quantitative estimate of drug-likeness (QED) is 0.820. The molecule has 1 aromatic carbocycles. The maximum Gasteiger partial charge on any atom is 0.417 e. The van der Waals surface area contributed by atoms with E-state index in [9.17, 15) is 18.0 Å². The summed E-state index contributed by atoms with van der Waals surface area (Å²) in [5.41, 5.74) is -0.876. The predicted molar refractivity (Wildman–Crippen MR) is 81.9 cm³/mol. The molecule has 0 N–H and O–H groups in total. The van der Waals surface area contributed by atoms with Gasteiger partial charge in [0, 0.05) is 18.7 Å². The van der Waals surface area contributed by atoms with Crippen molar-refractivity contribution in [2.45, 2.75) is 19.1 Å². The number of nitrogens with zero attached hydrogens (tertiary/aromatic N) is 1. The predicted octanol–water partition coefficient (Wildman–Crippen LogP) is 3.73. The largest absolute Gasteiger partial charge is 0.489 e. The van der Waals surface area contributed by atoms with Crippen LogP contribution in [0.5, 0.6) is 11.5 Å². The Morgan fingerprint density at radius 1 is 1.17 bits per heavy atom. The standard InChI is InChI=1S/C16H13ClF3NO3/c17-12-6-10(7-13-15(12)24-5-1-4-23-13)8-21-9-11(16(18,19)20)2-3-14(21)22/h2-3,6-7,9H,1,4-5,8H2. The molecule has 0 spiro atoms.